The van der Waals surface area contributed by atoms with Crippen LogP contribution >= 0.6 is 0 Å². The van der Waals surface area contributed by atoms with E-state index in [9.17, 15) is 0 Å². The highest BCUT2D eigenvalue weighted by molar-refractivity contribution is 5.77. The van der Waals surface area contributed by atoms with Crippen LogP contribution in [0.2, 0.25) is 0 Å². The van der Waals surface area contributed by atoms with Crippen LogP contribution in [0.3, 0.4) is 0 Å². The maximum Gasteiger partial charge on any atom is 0.129 e. The lowest BCUT2D eigenvalue weighted by molar-refractivity contribution is 0.469. The lowest BCUT2D eigenvalue weighted by Gasteiger charge is -2.22. The van der Waals surface area contributed by atoms with Crippen LogP contribution in [-0.2, 0) is 12.5 Å². The van der Waals surface area contributed by atoms with Gasteiger partial charge in [0.15, 0.2) is 0 Å². The molecule has 2 N–H and O–H groups in total. The predicted octanol–water partition coefficient (Wildman–Crippen LogP) is 3.81. The number of hydrogen-bond acceptors (Lipinski definition) is 2. The molecule has 0 aliphatic heterocycles. The Balaban J connectivity index is 2.16. The molecular weight excluding hydrogens is 246 g/mol. The highest BCUT2D eigenvalue weighted by Gasteiger charge is 2.36. The molecule has 1 fully saturated rings. The molecule has 3 nitrogen and oxygen atoms in total. The maximum atomic E-state index is 6.30. The Hall–Kier alpha value is -1.77. The second-order valence-corrected chi connectivity index (χ2v) is 6.37. The molecule has 0 bridgehead atoms. The predicted molar refractivity (Wildman–Crippen MR) is 83.6 cm³/mol. The Labute approximate surface area is 120 Å². The summed E-state index contributed by atoms with van der Waals surface area (Å²) in [7, 11) is 1.94. The summed E-state index contributed by atoms with van der Waals surface area (Å²) in [6, 6.07) is 8.60. The van der Waals surface area contributed by atoms with E-state index in [0.29, 0.717) is 0 Å². The number of hydrogen-bond donors (Lipinski definition) is 1. The highest BCUT2D eigenvalue weighted by Crippen LogP contribution is 2.45. The summed E-state index contributed by atoms with van der Waals surface area (Å²) in [6.07, 6.45) is 5.01. The van der Waals surface area contributed by atoms with Gasteiger partial charge >= 0.3 is 0 Å². The minimum absolute atomic E-state index is 0.176. The van der Waals surface area contributed by atoms with Crippen molar-refractivity contribution in [2.45, 2.75) is 44.9 Å². The standard InChI is InChI=1S/C17H23N3/c1-12-6-8-13(9-7-12)14-15(19-20(3)16(14)18)17(2)10-4-5-11-17/h6-9H,4-5,10-11,18H2,1-3H3. The molecule has 0 radical (unpaired) electrons. The fourth-order valence-corrected chi connectivity index (χ4v) is 3.36. The van der Waals surface area contributed by atoms with Crippen molar-refractivity contribution in [3.05, 3.63) is 35.5 Å². The smallest absolute Gasteiger partial charge is 0.129 e. The first-order chi connectivity index (χ1) is 9.51. The molecule has 1 heterocycles. The summed E-state index contributed by atoms with van der Waals surface area (Å²) in [4.78, 5) is 0. The number of nitrogens with zero attached hydrogens (tertiary/aromatic N) is 2. The van der Waals surface area contributed by atoms with Gasteiger partial charge in [0, 0.05) is 18.0 Å². The molecule has 20 heavy (non-hydrogen) atoms. The van der Waals surface area contributed by atoms with Gasteiger partial charge in [-0.3, -0.25) is 4.68 Å². The molecule has 1 aliphatic carbocycles. The molecule has 3 heteroatoms. The second kappa shape index (κ2) is 4.65. The van der Waals surface area contributed by atoms with E-state index in [2.05, 4.69) is 38.1 Å². The van der Waals surface area contributed by atoms with Crippen molar-refractivity contribution in [2.24, 2.45) is 7.05 Å². The van der Waals surface area contributed by atoms with Crippen molar-refractivity contribution in [1.29, 1.82) is 0 Å². The van der Waals surface area contributed by atoms with E-state index in [1.54, 1.807) is 0 Å². The number of nitrogens with two attached hydrogens (primary N) is 1. The fraction of sp³-hybridized carbons (Fsp3) is 0.471. The minimum Gasteiger partial charge on any atom is -0.383 e. The van der Waals surface area contributed by atoms with Gasteiger partial charge in [-0.1, -0.05) is 49.6 Å². The van der Waals surface area contributed by atoms with Crippen LogP contribution in [0.1, 0.15) is 43.9 Å². The molecule has 0 amide bonds. The zero-order valence-electron chi connectivity index (χ0n) is 12.6. The van der Waals surface area contributed by atoms with E-state index in [1.165, 1.54) is 42.5 Å². The lowest BCUT2D eigenvalue weighted by atomic mass is 9.81. The Morgan fingerprint density at radius 3 is 2.35 bits per heavy atom. The number of nitrogen functional groups attached to an aromatic ring is 1. The van der Waals surface area contributed by atoms with Crippen LogP contribution in [-0.4, -0.2) is 9.78 Å². The highest BCUT2D eigenvalue weighted by atomic mass is 15.3. The maximum absolute atomic E-state index is 6.30. The second-order valence-electron chi connectivity index (χ2n) is 6.37. The molecule has 3 rings (SSSR count). The largest absolute Gasteiger partial charge is 0.383 e. The van der Waals surface area contributed by atoms with Crippen LogP contribution < -0.4 is 5.73 Å². The molecule has 1 aromatic carbocycles. The quantitative estimate of drug-likeness (QED) is 0.901. The minimum atomic E-state index is 0.176. The molecule has 0 spiro atoms. The van der Waals surface area contributed by atoms with Gasteiger partial charge in [-0.05, 0) is 25.3 Å². The Bertz CT molecular complexity index is 616. The molecule has 0 atom stereocenters. The van der Waals surface area contributed by atoms with E-state index in [0.717, 1.165) is 11.4 Å². The van der Waals surface area contributed by atoms with Crippen molar-refractivity contribution in [3.63, 3.8) is 0 Å². The molecule has 1 saturated carbocycles. The van der Waals surface area contributed by atoms with Crippen LogP contribution in [0, 0.1) is 6.92 Å². The van der Waals surface area contributed by atoms with Gasteiger partial charge in [-0.2, -0.15) is 5.10 Å². The van der Waals surface area contributed by atoms with Gasteiger partial charge in [-0.25, -0.2) is 0 Å². The first kappa shape index (κ1) is 13.2. The number of benzene rings is 1. The summed E-state index contributed by atoms with van der Waals surface area (Å²) in [5.74, 6) is 0.775. The first-order valence-corrected chi connectivity index (χ1v) is 7.41. The third kappa shape index (κ3) is 2.01. The summed E-state index contributed by atoms with van der Waals surface area (Å²) in [6.45, 7) is 4.44. The summed E-state index contributed by atoms with van der Waals surface area (Å²) < 4.78 is 1.83. The molecule has 0 saturated heterocycles. The Morgan fingerprint density at radius 2 is 1.75 bits per heavy atom. The lowest BCUT2D eigenvalue weighted by Crippen LogP contribution is -2.19. The number of anilines is 1. The normalized spacial score (nSPS) is 17.6. The van der Waals surface area contributed by atoms with E-state index in [1.807, 2.05) is 11.7 Å². The third-order valence-electron chi connectivity index (χ3n) is 4.71. The molecular formula is C17H23N3. The SMILES string of the molecule is Cc1ccc(-c2c(C3(C)CCCC3)nn(C)c2N)cc1. The summed E-state index contributed by atoms with van der Waals surface area (Å²) in [5.41, 5.74) is 11.2. The molecule has 1 aliphatic rings. The van der Waals surface area contributed by atoms with Crippen LogP contribution in [0.15, 0.2) is 24.3 Å². The van der Waals surface area contributed by atoms with E-state index in [4.69, 9.17) is 10.8 Å². The van der Waals surface area contributed by atoms with Gasteiger partial charge in [0.25, 0.3) is 0 Å². The topological polar surface area (TPSA) is 43.8 Å². The number of rotatable bonds is 2. The average Bonchev–Trinajstić information content (AvgIpc) is 2.98. The van der Waals surface area contributed by atoms with E-state index < -0.39 is 0 Å². The van der Waals surface area contributed by atoms with E-state index >= 15 is 0 Å². The zero-order valence-corrected chi connectivity index (χ0v) is 12.6. The van der Waals surface area contributed by atoms with Crippen LogP contribution in [0.25, 0.3) is 11.1 Å². The average molecular weight is 269 g/mol. The van der Waals surface area contributed by atoms with Crippen molar-refractivity contribution in [2.75, 3.05) is 5.73 Å². The van der Waals surface area contributed by atoms with E-state index in [-0.39, 0.29) is 5.41 Å². The third-order valence-corrected chi connectivity index (χ3v) is 4.71. The molecule has 1 aromatic heterocycles. The molecule has 0 unspecified atom stereocenters. The van der Waals surface area contributed by atoms with Crippen molar-refractivity contribution >= 4 is 5.82 Å². The fourth-order valence-electron chi connectivity index (χ4n) is 3.36. The Kier molecular flexibility index (Phi) is 3.08. The monoisotopic (exact) mass is 269 g/mol. The molecule has 2 aromatic rings. The van der Waals surface area contributed by atoms with Gasteiger partial charge in [0.2, 0.25) is 0 Å². The van der Waals surface area contributed by atoms with Crippen LogP contribution in [0.4, 0.5) is 5.82 Å². The summed E-state index contributed by atoms with van der Waals surface area (Å²) in [5, 5.41) is 4.75. The van der Waals surface area contributed by atoms with Crippen molar-refractivity contribution in [1.82, 2.24) is 9.78 Å². The van der Waals surface area contributed by atoms with Gasteiger partial charge in [-0.15, -0.1) is 0 Å². The number of aromatic nitrogens is 2. The number of aryl methyl sites for hydroxylation is 2. The molecule has 106 valence electrons. The van der Waals surface area contributed by atoms with Gasteiger partial charge in [0.1, 0.15) is 5.82 Å². The summed E-state index contributed by atoms with van der Waals surface area (Å²) >= 11 is 0. The van der Waals surface area contributed by atoms with Crippen molar-refractivity contribution in [3.8, 4) is 11.1 Å². The van der Waals surface area contributed by atoms with Crippen LogP contribution in [0.5, 0.6) is 0 Å². The van der Waals surface area contributed by atoms with Gasteiger partial charge in [0.05, 0.1) is 5.69 Å². The first-order valence-electron chi connectivity index (χ1n) is 7.41. The Morgan fingerprint density at radius 1 is 1.15 bits per heavy atom. The van der Waals surface area contributed by atoms with Gasteiger partial charge < -0.3 is 5.73 Å². The van der Waals surface area contributed by atoms with Crippen molar-refractivity contribution < 1.29 is 0 Å². The zero-order chi connectivity index (χ0) is 14.3.